The highest BCUT2D eigenvalue weighted by Crippen LogP contribution is 2.33. The van der Waals surface area contributed by atoms with Crippen LogP contribution in [-0.2, 0) is 0 Å². The van der Waals surface area contributed by atoms with E-state index in [9.17, 15) is 14.4 Å². The summed E-state index contributed by atoms with van der Waals surface area (Å²) >= 11 is 0.829. The van der Waals surface area contributed by atoms with Crippen LogP contribution in [-0.4, -0.2) is 17.7 Å². The number of hydrogen-bond acceptors (Lipinski definition) is 4. The van der Waals surface area contributed by atoms with Gasteiger partial charge in [-0.25, -0.2) is 9.18 Å². The summed E-state index contributed by atoms with van der Waals surface area (Å²) in [6.45, 7) is 0.291. The van der Waals surface area contributed by atoms with Gasteiger partial charge in [-0.15, -0.1) is 11.3 Å². The maximum Gasteiger partial charge on any atom is 0.348 e. The molecule has 0 unspecified atom stereocenters. The molecular weight excluding hydrogens is 365 g/mol. The van der Waals surface area contributed by atoms with Crippen molar-refractivity contribution >= 4 is 23.4 Å². The Hall–Kier alpha value is -3.43. The minimum atomic E-state index is -1.31. The second-order valence-corrected chi connectivity index (χ2v) is 6.59. The number of carboxylic acid groups (broad SMARTS) is 1. The Morgan fingerprint density at radius 2 is 2.00 bits per heavy atom. The van der Waals surface area contributed by atoms with E-state index < -0.39 is 11.8 Å². The fraction of sp³-hybridized carbons (Fsp3) is 0.0476. The molecule has 0 aliphatic carbocycles. The van der Waals surface area contributed by atoms with Crippen molar-refractivity contribution in [1.82, 2.24) is 0 Å². The van der Waals surface area contributed by atoms with E-state index in [0.717, 1.165) is 23.0 Å². The van der Waals surface area contributed by atoms with Crippen LogP contribution >= 0.6 is 11.3 Å². The molecule has 0 saturated carbocycles. The maximum absolute atomic E-state index is 13.7. The van der Waals surface area contributed by atoms with Crippen LogP contribution in [0.2, 0.25) is 0 Å². The van der Waals surface area contributed by atoms with Crippen LogP contribution in [0.15, 0.2) is 60.7 Å². The fourth-order valence-electron chi connectivity index (χ4n) is 2.44. The largest absolute Gasteiger partial charge is 0.488 e. The average molecular weight is 379 g/mol. The zero-order valence-electron chi connectivity index (χ0n) is 14.1. The van der Waals surface area contributed by atoms with Gasteiger partial charge in [0.15, 0.2) is 0 Å². The number of rotatable bonds is 6. The monoisotopic (exact) mass is 379 g/mol. The third-order valence-corrected chi connectivity index (χ3v) is 4.86. The van der Waals surface area contributed by atoms with Crippen LogP contribution in [0.25, 0.3) is 16.5 Å². The molecule has 27 heavy (non-hydrogen) atoms. The van der Waals surface area contributed by atoms with E-state index in [-0.39, 0.29) is 4.88 Å². The van der Waals surface area contributed by atoms with Crippen LogP contribution in [0.1, 0.15) is 20.8 Å². The smallest absolute Gasteiger partial charge is 0.348 e. The van der Waals surface area contributed by atoms with Gasteiger partial charge in [-0.2, -0.15) is 5.26 Å². The van der Waals surface area contributed by atoms with Crippen molar-refractivity contribution in [3.63, 3.8) is 0 Å². The zero-order chi connectivity index (χ0) is 19.2. The molecular formula is C21H14FNO3S. The van der Waals surface area contributed by atoms with Crippen molar-refractivity contribution in [3.8, 4) is 22.3 Å². The minimum absolute atomic E-state index is 0.291. The van der Waals surface area contributed by atoms with Gasteiger partial charge in [-0.1, -0.05) is 36.4 Å². The molecule has 1 heterocycles. The van der Waals surface area contributed by atoms with Gasteiger partial charge >= 0.3 is 5.97 Å². The molecule has 3 aromatic rings. The van der Waals surface area contributed by atoms with E-state index >= 15 is 0 Å². The Morgan fingerprint density at radius 1 is 1.22 bits per heavy atom. The predicted molar refractivity (Wildman–Crippen MR) is 102 cm³/mol. The number of ether oxygens (including phenoxy) is 1. The topological polar surface area (TPSA) is 70.3 Å². The summed E-state index contributed by atoms with van der Waals surface area (Å²) in [5, 5.41) is 18.3. The normalized spacial score (nSPS) is 10.7. The quantitative estimate of drug-likeness (QED) is 0.638. The Bertz CT molecular complexity index is 1040. The molecule has 0 bridgehead atoms. The Labute approximate surface area is 159 Å². The molecule has 0 radical (unpaired) electrons. The van der Waals surface area contributed by atoms with Crippen molar-refractivity contribution in [2.24, 2.45) is 0 Å². The van der Waals surface area contributed by atoms with Crippen LogP contribution in [0.3, 0.4) is 0 Å². The number of benzene rings is 2. The summed E-state index contributed by atoms with van der Waals surface area (Å²) in [7, 11) is 0. The summed E-state index contributed by atoms with van der Waals surface area (Å²) in [6.07, 6.45) is 3.76. The van der Waals surface area contributed by atoms with E-state index in [1.165, 1.54) is 0 Å². The molecule has 0 amide bonds. The summed E-state index contributed by atoms with van der Waals surface area (Å²) in [5.74, 6) is -1.68. The number of carbonyl (C=O) groups is 1. The molecule has 4 nitrogen and oxygen atoms in total. The summed E-state index contributed by atoms with van der Waals surface area (Å²) in [4.78, 5) is 11.1. The maximum atomic E-state index is 13.7. The SMILES string of the molecule is N#Cc1cc(-c2cc(F)c(C(=O)O)s2)ccc1OCC=Cc1ccccc1. The second kappa shape index (κ2) is 8.30. The molecule has 0 aliphatic heterocycles. The van der Waals surface area contributed by atoms with E-state index in [0.29, 0.717) is 28.4 Å². The van der Waals surface area contributed by atoms with Gasteiger partial charge < -0.3 is 9.84 Å². The lowest BCUT2D eigenvalue weighted by atomic mass is 10.1. The number of nitrogens with zero attached hydrogens (tertiary/aromatic N) is 1. The van der Waals surface area contributed by atoms with Crippen molar-refractivity contribution in [3.05, 3.63) is 82.5 Å². The van der Waals surface area contributed by atoms with Crippen molar-refractivity contribution in [2.45, 2.75) is 0 Å². The predicted octanol–water partition coefficient (Wildman–Crippen LogP) is 5.22. The van der Waals surface area contributed by atoms with Crippen molar-refractivity contribution in [2.75, 3.05) is 6.61 Å². The first-order valence-electron chi connectivity index (χ1n) is 8.00. The highest BCUT2D eigenvalue weighted by atomic mass is 32.1. The molecule has 0 atom stereocenters. The molecule has 2 aromatic carbocycles. The molecule has 0 fully saturated rings. The molecule has 0 saturated heterocycles. The highest BCUT2D eigenvalue weighted by Gasteiger charge is 2.17. The lowest BCUT2D eigenvalue weighted by Gasteiger charge is -2.07. The van der Waals surface area contributed by atoms with Gasteiger partial charge in [0, 0.05) is 4.88 Å². The van der Waals surface area contributed by atoms with Crippen LogP contribution in [0.4, 0.5) is 4.39 Å². The first-order valence-corrected chi connectivity index (χ1v) is 8.81. The van der Waals surface area contributed by atoms with Gasteiger partial charge in [0.2, 0.25) is 0 Å². The summed E-state index contributed by atoms with van der Waals surface area (Å²) in [6, 6.07) is 17.8. The number of thiophene rings is 1. The number of aromatic carboxylic acids is 1. The van der Waals surface area contributed by atoms with E-state index in [1.54, 1.807) is 18.2 Å². The Balaban J connectivity index is 1.75. The standard InChI is InChI=1S/C21H14FNO3S/c22-17-12-19(27-20(17)21(24)25)15-8-9-18(16(11-15)13-23)26-10-4-7-14-5-2-1-3-6-14/h1-9,11-12H,10H2,(H,24,25). The molecule has 0 aliphatic rings. The molecule has 1 aromatic heterocycles. The van der Waals surface area contributed by atoms with Gasteiger partial charge in [0.05, 0.1) is 5.56 Å². The van der Waals surface area contributed by atoms with Crippen molar-refractivity contribution < 1.29 is 19.0 Å². The number of halogens is 1. The van der Waals surface area contributed by atoms with Crippen LogP contribution in [0.5, 0.6) is 5.75 Å². The molecule has 6 heteroatoms. The van der Waals surface area contributed by atoms with Gasteiger partial charge in [0.1, 0.15) is 29.1 Å². The summed E-state index contributed by atoms with van der Waals surface area (Å²) in [5.41, 5.74) is 1.91. The van der Waals surface area contributed by atoms with E-state index in [2.05, 4.69) is 6.07 Å². The first kappa shape index (κ1) is 18.4. The van der Waals surface area contributed by atoms with Crippen LogP contribution < -0.4 is 4.74 Å². The van der Waals surface area contributed by atoms with Gasteiger partial charge in [-0.05, 0) is 41.5 Å². The van der Waals surface area contributed by atoms with Crippen LogP contribution in [0, 0.1) is 17.1 Å². The zero-order valence-corrected chi connectivity index (χ0v) is 14.9. The van der Waals surface area contributed by atoms with Crippen molar-refractivity contribution in [1.29, 1.82) is 5.26 Å². The average Bonchev–Trinajstić information content (AvgIpc) is 3.08. The number of hydrogen-bond donors (Lipinski definition) is 1. The molecule has 134 valence electrons. The Morgan fingerprint density at radius 3 is 2.67 bits per heavy atom. The lowest BCUT2D eigenvalue weighted by Crippen LogP contribution is -1.96. The highest BCUT2D eigenvalue weighted by molar-refractivity contribution is 7.17. The summed E-state index contributed by atoms with van der Waals surface area (Å²) < 4.78 is 19.3. The second-order valence-electron chi connectivity index (χ2n) is 5.54. The number of carboxylic acids is 1. The van der Waals surface area contributed by atoms with Gasteiger partial charge in [-0.3, -0.25) is 0 Å². The third kappa shape index (κ3) is 4.40. The van der Waals surface area contributed by atoms with E-state index in [4.69, 9.17) is 9.84 Å². The third-order valence-electron chi connectivity index (χ3n) is 3.71. The Kier molecular flexibility index (Phi) is 5.64. The number of nitriles is 1. The fourth-order valence-corrected chi connectivity index (χ4v) is 3.31. The molecule has 0 spiro atoms. The molecule has 3 rings (SSSR count). The molecule has 1 N–H and O–H groups in total. The minimum Gasteiger partial charge on any atom is -0.488 e. The van der Waals surface area contributed by atoms with E-state index in [1.807, 2.05) is 42.5 Å². The first-order chi connectivity index (χ1) is 13.1. The van der Waals surface area contributed by atoms with Gasteiger partial charge in [0.25, 0.3) is 0 Å². The lowest BCUT2D eigenvalue weighted by molar-refractivity contribution is 0.0697.